The number of carbonyl (C=O) groups excluding carboxylic acids is 2. The van der Waals surface area contributed by atoms with E-state index in [1.165, 1.54) is 6.07 Å². The van der Waals surface area contributed by atoms with Crippen LogP contribution in [0.4, 0.5) is 19.3 Å². The highest BCUT2D eigenvalue weighted by atomic mass is 19.3. The lowest BCUT2D eigenvalue weighted by atomic mass is 10.2. The van der Waals surface area contributed by atoms with Crippen LogP contribution in [0.15, 0.2) is 18.2 Å². The number of halogens is 2. The zero-order valence-corrected chi connectivity index (χ0v) is 12.7. The number of benzene rings is 1. The van der Waals surface area contributed by atoms with Crippen molar-refractivity contribution in [2.24, 2.45) is 0 Å². The minimum atomic E-state index is -2.57. The van der Waals surface area contributed by atoms with Crippen LogP contribution < -0.4 is 20.7 Å². The van der Waals surface area contributed by atoms with Crippen LogP contribution >= 0.6 is 0 Å². The van der Waals surface area contributed by atoms with Gasteiger partial charge < -0.3 is 20.7 Å². The number of urea groups is 1. The summed E-state index contributed by atoms with van der Waals surface area (Å²) in [4.78, 5) is 23.2. The van der Waals surface area contributed by atoms with Gasteiger partial charge in [-0.25, -0.2) is 13.6 Å². The van der Waals surface area contributed by atoms with Crippen molar-refractivity contribution in [3.05, 3.63) is 23.8 Å². The molecule has 23 heavy (non-hydrogen) atoms. The van der Waals surface area contributed by atoms with E-state index in [-0.39, 0.29) is 24.2 Å². The standard InChI is InChI=1S/C15H19F2N3O3/c1-9-2-3-11(6-12(9)23-8-13(16)17)20-15(22)18-7-14(21)19-10-4-5-10/h2-3,6,10,13H,4-5,7-8H2,1H3,(H,19,21)(H2,18,20,22). The van der Waals surface area contributed by atoms with E-state index in [1.54, 1.807) is 19.1 Å². The Bertz CT molecular complexity index is 577. The molecule has 0 radical (unpaired) electrons. The third-order valence-electron chi connectivity index (χ3n) is 3.16. The molecule has 0 atom stereocenters. The van der Waals surface area contributed by atoms with Gasteiger partial charge in [-0.2, -0.15) is 0 Å². The summed E-state index contributed by atoms with van der Waals surface area (Å²) in [6.45, 7) is 0.883. The fraction of sp³-hybridized carbons (Fsp3) is 0.467. The third kappa shape index (κ3) is 6.09. The molecule has 1 fully saturated rings. The molecule has 1 saturated carbocycles. The fourth-order valence-electron chi connectivity index (χ4n) is 1.83. The van der Waals surface area contributed by atoms with Crippen molar-refractivity contribution < 1.29 is 23.1 Å². The summed E-state index contributed by atoms with van der Waals surface area (Å²) in [5.74, 6) is 0.0297. The van der Waals surface area contributed by atoms with Gasteiger partial charge in [-0.3, -0.25) is 4.79 Å². The van der Waals surface area contributed by atoms with E-state index in [0.29, 0.717) is 11.3 Å². The second-order valence-electron chi connectivity index (χ2n) is 5.33. The van der Waals surface area contributed by atoms with E-state index in [1.807, 2.05) is 0 Å². The molecule has 0 aromatic heterocycles. The van der Waals surface area contributed by atoms with Crippen LogP contribution in [0.3, 0.4) is 0 Å². The third-order valence-corrected chi connectivity index (χ3v) is 3.16. The van der Waals surface area contributed by atoms with E-state index in [9.17, 15) is 18.4 Å². The van der Waals surface area contributed by atoms with Crippen LogP contribution in [-0.4, -0.2) is 37.6 Å². The van der Waals surface area contributed by atoms with Crippen molar-refractivity contribution in [1.82, 2.24) is 10.6 Å². The molecule has 0 saturated heterocycles. The maximum Gasteiger partial charge on any atom is 0.319 e. The van der Waals surface area contributed by atoms with Crippen molar-refractivity contribution in [3.8, 4) is 5.75 Å². The largest absolute Gasteiger partial charge is 0.487 e. The summed E-state index contributed by atoms with van der Waals surface area (Å²) >= 11 is 0. The second-order valence-corrected chi connectivity index (χ2v) is 5.33. The molecule has 1 aromatic carbocycles. The molecule has 126 valence electrons. The molecule has 1 aliphatic rings. The van der Waals surface area contributed by atoms with Gasteiger partial charge in [0.05, 0.1) is 6.54 Å². The summed E-state index contributed by atoms with van der Waals surface area (Å²) in [6, 6.07) is 4.41. The minimum Gasteiger partial charge on any atom is -0.487 e. The highest BCUT2D eigenvalue weighted by molar-refractivity contribution is 5.92. The predicted octanol–water partition coefficient (Wildman–Crippen LogP) is 2.04. The van der Waals surface area contributed by atoms with Crippen molar-refractivity contribution in [2.75, 3.05) is 18.5 Å². The monoisotopic (exact) mass is 327 g/mol. The number of anilines is 1. The number of hydrogen-bond donors (Lipinski definition) is 3. The number of aryl methyl sites for hydroxylation is 1. The fourth-order valence-corrected chi connectivity index (χ4v) is 1.83. The molecular formula is C15H19F2N3O3. The lowest BCUT2D eigenvalue weighted by Crippen LogP contribution is -2.39. The number of carbonyl (C=O) groups is 2. The molecule has 2 rings (SSSR count). The highest BCUT2D eigenvalue weighted by Crippen LogP contribution is 2.23. The van der Waals surface area contributed by atoms with Gasteiger partial charge >= 0.3 is 6.03 Å². The van der Waals surface area contributed by atoms with Crippen molar-refractivity contribution in [3.63, 3.8) is 0 Å². The first-order valence-electron chi connectivity index (χ1n) is 7.30. The van der Waals surface area contributed by atoms with E-state index < -0.39 is 19.1 Å². The zero-order valence-electron chi connectivity index (χ0n) is 12.7. The molecule has 3 N–H and O–H groups in total. The van der Waals surface area contributed by atoms with Gasteiger partial charge in [0.25, 0.3) is 6.43 Å². The van der Waals surface area contributed by atoms with Crippen LogP contribution in [0.25, 0.3) is 0 Å². The van der Waals surface area contributed by atoms with Crippen LogP contribution in [0.2, 0.25) is 0 Å². The normalized spacial score (nSPS) is 13.6. The maximum absolute atomic E-state index is 12.2. The second kappa shape index (κ2) is 7.75. The summed E-state index contributed by atoms with van der Waals surface area (Å²) in [5.41, 5.74) is 1.07. The number of nitrogens with one attached hydrogen (secondary N) is 3. The molecule has 0 aliphatic heterocycles. The Morgan fingerprint density at radius 3 is 2.74 bits per heavy atom. The van der Waals surface area contributed by atoms with Crippen LogP contribution in [0, 0.1) is 6.92 Å². The lowest BCUT2D eigenvalue weighted by Gasteiger charge is -2.12. The number of rotatable bonds is 7. The Balaban J connectivity index is 1.82. The highest BCUT2D eigenvalue weighted by Gasteiger charge is 2.23. The number of alkyl halides is 2. The zero-order chi connectivity index (χ0) is 16.8. The molecule has 0 heterocycles. The van der Waals surface area contributed by atoms with Crippen molar-refractivity contribution >= 4 is 17.6 Å². The average molecular weight is 327 g/mol. The first-order chi connectivity index (χ1) is 10.9. The van der Waals surface area contributed by atoms with Gasteiger partial charge in [-0.15, -0.1) is 0 Å². The first kappa shape index (κ1) is 17.0. The SMILES string of the molecule is Cc1ccc(NC(=O)NCC(=O)NC2CC2)cc1OCC(F)F. The topological polar surface area (TPSA) is 79.5 Å². The molecule has 3 amide bonds. The van der Waals surface area contributed by atoms with Crippen LogP contribution in [0.1, 0.15) is 18.4 Å². The van der Waals surface area contributed by atoms with Crippen molar-refractivity contribution in [1.29, 1.82) is 0 Å². The van der Waals surface area contributed by atoms with Gasteiger partial charge in [0.2, 0.25) is 5.91 Å². The van der Waals surface area contributed by atoms with Crippen LogP contribution in [0.5, 0.6) is 5.75 Å². The van der Waals surface area contributed by atoms with E-state index in [2.05, 4.69) is 16.0 Å². The number of hydrogen-bond acceptors (Lipinski definition) is 3. The smallest absolute Gasteiger partial charge is 0.319 e. The summed E-state index contributed by atoms with van der Waals surface area (Å²) in [6.07, 6.45) is -0.620. The number of amides is 3. The molecule has 0 bridgehead atoms. The van der Waals surface area contributed by atoms with Gasteiger partial charge in [0.15, 0.2) is 0 Å². The maximum atomic E-state index is 12.2. The Hall–Kier alpha value is -2.38. The van der Waals surface area contributed by atoms with E-state index in [4.69, 9.17) is 4.74 Å². The molecule has 8 heteroatoms. The minimum absolute atomic E-state index is 0.122. The van der Waals surface area contributed by atoms with E-state index >= 15 is 0 Å². The average Bonchev–Trinajstić information content (AvgIpc) is 3.29. The van der Waals surface area contributed by atoms with Crippen molar-refractivity contribution in [2.45, 2.75) is 32.2 Å². The van der Waals surface area contributed by atoms with Gasteiger partial charge in [0.1, 0.15) is 12.4 Å². The van der Waals surface area contributed by atoms with Crippen LogP contribution in [-0.2, 0) is 4.79 Å². The lowest BCUT2D eigenvalue weighted by molar-refractivity contribution is -0.120. The molecule has 6 nitrogen and oxygen atoms in total. The predicted molar refractivity (Wildman–Crippen MR) is 80.9 cm³/mol. The Morgan fingerprint density at radius 2 is 2.09 bits per heavy atom. The van der Waals surface area contributed by atoms with Gasteiger partial charge in [-0.1, -0.05) is 6.07 Å². The van der Waals surface area contributed by atoms with Gasteiger partial charge in [0, 0.05) is 17.8 Å². The molecular weight excluding hydrogens is 308 g/mol. The molecule has 0 unspecified atom stereocenters. The first-order valence-corrected chi connectivity index (χ1v) is 7.30. The summed E-state index contributed by atoms with van der Waals surface area (Å²) in [7, 11) is 0. The Labute approximate surface area is 132 Å². The van der Waals surface area contributed by atoms with E-state index in [0.717, 1.165) is 12.8 Å². The molecule has 0 spiro atoms. The summed E-state index contributed by atoms with van der Waals surface area (Å²) in [5, 5.41) is 7.69. The Kier molecular flexibility index (Phi) is 5.72. The number of ether oxygens (including phenoxy) is 1. The van der Waals surface area contributed by atoms with Gasteiger partial charge in [-0.05, 0) is 31.4 Å². The molecule has 1 aliphatic carbocycles. The molecule has 1 aromatic rings. The Morgan fingerprint density at radius 1 is 1.35 bits per heavy atom. The quantitative estimate of drug-likeness (QED) is 0.717. The summed E-state index contributed by atoms with van der Waals surface area (Å²) < 4.78 is 29.4.